The summed E-state index contributed by atoms with van der Waals surface area (Å²) in [5, 5.41) is 4.79. The Bertz CT molecular complexity index is 2870. The summed E-state index contributed by atoms with van der Waals surface area (Å²) >= 11 is 0. The fourth-order valence-electron chi connectivity index (χ4n) is 8.64. The Kier molecular flexibility index (Phi) is 6.79. The van der Waals surface area contributed by atoms with Crippen molar-refractivity contribution in [1.82, 2.24) is 9.13 Å². The zero-order valence-electron chi connectivity index (χ0n) is 29.6. The van der Waals surface area contributed by atoms with E-state index >= 15 is 0 Å². The van der Waals surface area contributed by atoms with Gasteiger partial charge in [-0.05, 0) is 82.9 Å². The molecule has 258 valence electrons. The topological polar surface area (TPSA) is 47.2 Å². The van der Waals surface area contributed by atoms with Crippen LogP contribution in [0.2, 0.25) is 0 Å². The molecule has 0 unspecified atom stereocenters. The standard InChI is InChI=1S/C50H31N3O2/c54-49-47-37(32-22-26-35(27-23-32)51-43-18-8-4-14-39(43)40-15-5-9-19-44(40)51)30-31-38(48(47)50(55)53(49)34-12-2-1-3-13-34)33-24-28-36(29-25-33)52-45-20-10-6-16-41(45)42-17-7-11-21-46(42)52/h1-31H. The average Bonchev–Trinajstić information content (AvgIpc) is 3.86. The molecule has 1 aliphatic heterocycles. The van der Waals surface area contributed by atoms with Crippen LogP contribution in [0.1, 0.15) is 20.7 Å². The monoisotopic (exact) mass is 705 g/mol. The van der Waals surface area contributed by atoms with Gasteiger partial charge in [0.1, 0.15) is 0 Å². The lowest BCUT2D eigenvalue weighted by Gasteiger charge is -2.14. The molecule has 3 heterocycles. The maximum atomic E-state index is 14.5. The highest BCUT2D eigenvalue weighted by Crippen LogP contribution is 2.42. The first kappa shape index (κ1) is 31.1. The fraction of sp³-hybridized carbons (Fsp3) is 0. The lowest BCUT2D eigenvalue weighted by atomic mass is 9.90. The van der Waals surface area contributed by atoms with E-state index in [1.165, 1.54) is 26.4 Å². The van der Waals surface area contributed by atoms with E-state index in [9.17, 15) is 9.59 Å². The minimum Gasteiger partial charge on any atom is -0.309 e. The van der Waals surface area contributed by atoms with Crippen molar-refractivity contribution in [1.29, 1.82) is 0 Å². The number of aromatic nitrogens is 2. The fourth-order valence-corrected chi connectivity index (χ4v) is 8.64. The third-order valence-electron chi connectivity index (χ3n) is 11.1. The van der Waals surface area contributed by atoms with Gasteiger partial charge in [-0.1, -0.05) is 127 Å². The molecule has 0 spiro atoms. The molecule has 0 saturated carbocycles. The molecule has 0 saturated heterocycles. The number of rotatable bonds is 5. The molecule has 5 nitrogen and oxygen atoms in total. The summed E-state index contributed by atoms with van der Waals surface area (Å²) in [6, 6.07) is 63.5. The Labute approximate surface area is 316 Å². The third kappa shape index (κ3) is 4.60. The van der Waals surface area contributed by atoms with Gasteiger partial charge in [0, 0.05) is 32.9 Å². The second-order valence-corrected chi connectivity index (χ2v) is 14.0. The van der Waals surface area contributed by atoms with Gasteiger partial charge in [0.05, 0.1) is 38.9 Å². The molecule has 10 aromatic rings. The molecule has 0 bridgehead atoms. The first-order chi connectivity index (χ1) is 27.2. The minimum atomic E-state index is -0.323. The van der Waals surface area contributed by atoms with E-state index in [1.807, 2.05) is 42.5 Å². The Morgan fingerprint density at radius 2 is 0.618 bits per heavy atom. The maximum absolute atomic E-state index is 14.5. The van der Waals surface area contributed by atoms with E-state index < -0.39 is 0 Å². The Hall–Kier alpha value is -7.50. The quantitative estimate of drug-likeness (QED) is 0.167. The van der Waals surface area contributed by atoms with E-state index in [1.54, 1.807) is 0 Å². The van der Waals surface area contributed by atoms with E-state index in [4.69, 9.17) is 0 Å². The molecule has 0 aliphatic carbocycles. The van der Waals surface area contributed by atoms with Gasteiger partial charge in [-0.3, -0.25) is 9.59 Å². The summed E-state index contributed by atoms with van der Waals surface area (Å²) in [6.07, 6.45) is 0. The van der Waals surface area contributed by atoms with Crippen LogP contribution in [0.4, 0.5) is 5.69 Å². The predicted octanol–water partition coefficient (Wildman–Crippen LogP) is 12.0. The highest BCUT2D eigenvalue weighted by molar-refractivity contribution is 6.37. The van der Waals surface area contributed by atoms with Gasteiger partial charge in [-0.15, -0.1) is 0 Å². The van der Waals surface area contributed by atoms with Crippen molar-refractivity contribution < 1.29 is 9.59 Å². The molecule has 0 fully saturated rings. The summed E-state index contributed by atoms with van der Waals surface area (Å²) in [5.41, 5.74) is 11.1. The molecular formula is C50H31N3O2. The largest absolute Gasteiger partial charge is 0.309 e. The Morgan fingerprint density at radius 3 is 0.982 bits per heavy atom. The SMILES string of the molecule is O=C1c2c(-c3ccc(-n4c5ccccc5c5ccccc54)cc3)ccc(-c3ccc(-n4c5ccccc5c5ccccc54)cc3)c2C(=O)N1c1ccccc1. The van der Waals surface area contributed by atoms with E-state index in [0.717, 1.165) is 55.7 Å². The zero-order valence-corrected chi connectivity index (χ0v) is 29.6. The van der Waals surface area contributed by atoms with Crippen molar-refractivity contribution in [2.24, 2.45) is 0 Å². The van der Waals surface area contributed by atoms with Crippen LogP contribution in [0.5, 0.6) is 0 Å². The van der Waals surface area contributed by atoms with Gasteiger partial charge in [-0.25, -0.2) is 4.90 Å². The lowest BCUT2D eigenvalue weighted by molar-refractivity contribution is 0.0926. The summed E-state index contributed by atoms with van der Waals surface area (Å²) in [7, 11) is 0. The van der Waals surface area contributed by atoms with Crippen LogP contribution in [-0.2, 0) is 0 Å². The number of imide groups is 1. The Balaban J connectivity index is 1.04. The normalized spacial score (nSPS) is 12.8. The zero-order chi connectivity index (χ0) is 36.6. The van der Waals surface area contributed by atoms with Crippen molar-refractivity contribution in [3.05, 3.63) is 199 Å². The number of para-hydroxylation sites is 5. The minimum absolute atomic E-state index is 0.323. The molecule has 0 atom stereocenters. The highest BCUT2D eigenvalue weighted by Gasteiger charge is 2.41. The molecular weight excluding hydrogens is 675 g/mol. The first-order valence-electron chi connectivity index (χ1n) is 18.4. The smallest absolute Gasteiger partial charge is 0.266 e. The van der Waals surface area contributed by atoms with E-state index in [0.29, 0.717) is 16.8 Å². The van der Waals surface area contributed by atoms with Gasteiger partial charge in [0.25, 0.3) is 11.8 Å². The van der Waals surface area contributed by atoms with Crippen LogP contribution < -0.4 is 4.90 Å². The van der Waals surface area contributed by atoms with Gasteiger partial charge in [-0.2, -0.15) is 0 Å². The second-order valence-electron chi connectivity index (χ2n) is 14.0. The Morgan fingerprint density at radius 1 is 0.291 bits per heavy atom. The molecule has 5 heteroatoms. The predicted molar refractivity (Wildman–Crippen MR) is 224 cm³/mol. The van der Waals surface area contributed by atoms with Crippen LogP contribution in [0.15, 0.2) is 188 Å². The molecule has 8 aromatic carbocycles. The number of carbonyl (C=O) groups is 2. The van der Waals surface area contributed by atoms with Crippen LogP contribution in [-0.4, -0.2) is 20.9 Å². The molecule has 1 aliphatic rings. The number of carbonyl (C=O) groups excluding carboxylic acids is 2. The highest BCUT2D eigenvalue weighted by atomic mass is 16.2. The summed E-state index contributed by atoms with van der Waals surface area (Å²) < 4.78 is 4.55. The number of hydrogen-bond donors (Lipinski definition) is 0. The number of benzene rings is 8. The maximum Gasteiger partial charge on any atom is 0.266 e. The molecule has 2 amide bonds. The van der Waals surface area contributed by atoms with Crippen molar-refractivity contribution in [2.45, 2.75) is 0 Å². The summed E-state index contributed by atoms with van der Waals surface area (Å²) in [4.78, 5) is 30.3. The lowest BCUT2D eigenvalue weighted by Crippen LogP contribution is -2.29. The molecule has 55 heavy (non-hydrogen) atoms. The van der Waals surface area contributed by atoms with Gasteiger partial charge in [0.2, 0.25) is 0 Å². The van der Waals surface area contributed by atoms with Crippen molar-refractivity contribution in [2.75, 3.05) is 4.90 Å². The number of anilines is 1. The van der Waals surface area contributed by atoms with Crippen molar-refractivity contribution >= 4 is 61.1 Å². The molecule has 11 rings (SSSR count). The van der Waals surface area contributed by atoms with E-state index in [-0.39, 0.29) is 11.8 Å². The second kappa shape index (κ2) is 12.0. The number of nitrogens with zero attached hydrogens (tertiary/aromatic N) is 3. The molecule has 2 aromatic heterocycles. The third-order valence-corrected chi connectivity index (χ3v) is 11.1. The number of fused-ring (bicyclic) bond motifs is 7. The van der Waals surface area contributed by atoms with Crippen LogP contribution in [0.3, 0.4) is 0 Å². The number of amides is 2. The molecule has 0 radical (unpaired) electrons. The first-order valence-corrected chi connectivity index (χ1v) is 18.4. The van der Waals surface area contributed by atoms with Crippen LogP contribution in [0.25, 0.3) is 77.2 Å². The van der Waals surface area contributed by atoms with Gasteiger partial charge >= 0.3 is 0 Å². The average molecular weight is 706 g/mol. The van der Waals surface area contributed by atoms with Crippen LogP contribution >= 0.6 is 0 Å². The van der Waals surface area contributed by atoms with Crippen molar-refractivity contribution in [3.63, 3.8) is 0 Å². The van der Waals surface area contributed by atoms with E-state index in [2.05, 4.69) is 155 Å². The number of hydrogen-bond acceptors (Lipinski definition) is 2. The van der Waals surface area contributed by atoms with Crippen LogP contribution in [0, 0.1) is 0 Å². The van der Waals surface area contributed by atoms with Crippen molar-refractivity contribution in [3.8, 4) is 33.6 Å². The van der Waals surface area contributed by atoms with Gasteiger partial charge in [0.15, 0.2) is 0 Å². The molecule has 0 N–H and O–H groups in total. The summed E-state index contributed by atoms with van der Waals surface area (Å²) in [5.74, 6) is -0.646. The van der Waals surface area contributed by atoms with Gasteiger partial charge < -0.3 is 9.13 Å². The summed E-state index contributed by atoms with van der Waals surface area (Å²) in [6.45, 7) is 0.